The molecule has 0 aromatic rings. The van der Waals surface area contributed by atoms with Gasteiger partial charge in [0.25, 0.3) is 0 Å². The summed E-state index contributed by atoms with van der Waals surface area (Å²) in [6, 6.07) is 0. The molecule has 1 radical (unpaired) electrons. The van der Waals surface area contributed by atoms with E-state index in [0.29, 0.717) is 6.61 Å². The lowest BCUT2D eigenvalue weighted by atomic mass is 10.4. The van der Waals surface area contributed by atoms with Gasteiger partial charge in [0.2, 0.25) is 0 Å². The van der Waals surface area contributed by atoms with Crippen LogP contribution in [0.2, 0.25) is 0 Å². The van der Waals surface area contributed by atoms with Gasteiger partial charge in [-0.05, 0) is 0 Å². The van der Waals surface area contributed by atoms with Crippen molar-refractivity contribution in [1.29, 1.82) is 0 Å². The zero-order valence-electron chi connectivity index (χ0n) is 3.27. The van der Waals surface area contributed by atoms with Crippen LogP contribution in [0.15, 0.2) is 17.3 Å². The van der Waals surface area contributed by atoms with Crippen molar-refractivity contribution in [2.45, 2.75) is 0 Å². The molecule has 0 N–H and O–H groups in total. The highest BCUT2D eigenvalue weighted by atomic mass is 16.6. The summed E-state index contributed by atoms with van der Waals surface area (Å²) in [7, 11) is 0. The lowest BCUT2D eigenvalue weighted by Crippen LogP contribution is -1.78. The quantitative estimate of drug-likeness (QED) is 0.415. The Morgan fingerprint density at radius 2 is 2.83 bits per heavy atom. The third-order valence-corrected chi connectivity index (χ3v) is 0.507. The minimum absolute atomic E-state index is 0.514. The Hall–Kier alpha value is -0.790. The van der Waals surface area contributed by atoms with Crippen LogP contribution in [0.25, 0.3) is 0 Å². The van der Waals surface area contributed by atoms with Gasteiger partial charge in [0, 0.05) is 5.57 Å². The van der Waals surface area contributed by atoms with Crippen molar-refractivity contribution in [2.75, 3.05) is 6.61 Å². The molecule has 0 aliphatic carbocycles. The molecule has 6 heavy (non-hydrogen) atoms. The molecule has 0 atom stereocenters. The van der Waals surface area contributed by atoms with Crippen LogP contribution < -0.4 is 0 Å². The van der Waals surface area contributed by atoms with Crippen LogP contribution in [-0.4, -0.2) is 12.8 Å². The molecule has 1 aliphatic heterocycles. The molecule has 0 unspecified atom stereocenters. The summed E-state index contributed by atoms with van der Waals surface area (Å²) >= 11 is 0. The summed E-state index contributed by atoms with van der Waals surface area (Å²) in [5.41, 5.74) is 0.815. The molecular weight excluding hydrogens is 78.0 g/mol. The van der Waals surface area contributed by atoms with Gasteiger partial charge in [-0.1, -0.05) is 11.7 Å². The van der Waals surface area contributed by atoms with Crippen molar-refractivity contribution in [3.05, 3.63) is 12.2 Å². The molecular formula is C4H4NO. The molecule has 0 saturated heterocycles. The molecule has 0 spiro atoms. The monoisotopic (exact) mass is 82.0 g/mol. The van der Waals surface area contributed by atoms with E-state index >= 15 is 0 Å². The van der Waals surface area contributed by atoms with Crippen LogP contribution in [-0.2, 0) is 4.84 Å². The van der Waals surface area contributed by atoms with Crippen LogP contribution >= 0.6 is 0 Å². The zero-order chi connectivity index (χ0) is 4.41. The number of hydrogen-bond acceptors (Lipinski definition) is 2. The zero-order valence-corrected chi connectivity index (χ0v) is 3.27. The summed E-state index contributed by atoms with van der Waals surface area (Å²) in [6.07, 6.45) is 2.53. The molecule has 0 fully saturated rings. The molecule has 0 aromatic heterocycles. The third-order valence-electron chi connectivity index (χ3n) is 0.507. The van der Waals surface area contributed by atoms with Gasteiger partial charge >= 0.3 is 0 Å². The van der Waals surface area contributed by atoms with Crippen LogP contribution in [0, 0.1) is 0 Å². The van der Waals surface area contributed by atoms with E-state index in [0.717, 1.165) is 5.57 Å². The molecule has 1 aliphatic rings. The highest BCUT2D eigenvalue weighted by molar-refractivity contribution is 5.78. The fraction of sp³-hybridized carbons (Fsp3) is 0.250. The predicted octanol–water partition coefficient (Wildman–Crippen LogP) is 0.436. The van der Waals surface area contributed by atoms with Gasteiger partial charge in [-0.3, -0.25) is 0 Å². The van der Waals surface area contributed by atoms with Gasteiger partial charge in [-0.2, -0.15) is 0 Å². The van der Waals surface area contributed by atoms with Crippen LogP contribution in [0.4, 0.5) is 0 Å². The maximum absolute atomic E-state index is 4.47. The Balaban J connectivity index is 2.59. The van der Waals surface area contributed by atoms with Gasteiger partial charge in [-0.25, -0.2) is 0 Å². The molecule has 0 bridgehead atoms. The van der Waals surface area contributed by atoms with Crippen molar-refractivity contribution in [1.82, 2.24) is 0 Å². The minimum atomic E-state index is 0.514. The lowest BCUT2D eigenvalue weighted by Gasteiger charge is -1.79. The summed E-state index contributed by atoms with van der Waals surface area (Å²) in [6.45, 7) is 4.04. The molecule has 0 saturated carbocycles. The SMILES string of the molecule is C=C1[C]=NOC1. The van der Waals surface area contributed by atoms with E-state index in [1.54, 1.807) is 0 Å². The fourth-order valence-electron chi connectivity index (χ4n) is 0.239. The van der Waals surface area contributed by atoms with E-state index < -0.39 is 0 Å². The van der Waals surface area contributed by atoms with Crippen molar-refractivity contribution in [3.63, 3.8) is 0 Å². The predicted molar refractivity (Wildman–Crippen MR) is 22.5 cm³/mol. The normalized spacial score (nSPS) is 18.3. The summed E-state index contributed by atoms with van der Waals surface area (Å²) in [5.74, 6) is 0. The van der Waals surface area contributed by atoms with Gasteiger partial charge in [0.15, 0.2) is 0 Å². The first kappa shape index (κ1) is 3.40. The average Bonchev–Trinajstić information content (AvgIpc) is 1.86. The molecule has 0 amide bonds. The second-order valence-corrected chi connectivity index (χ2v) is 1.08. The van der Waals surface area contributed by atoms with Gasteiger partial charge in [-0.15, -0.1) is 0 Å². The lowest BCUT2D eigenvalue weighted by molar-refractivity contribution is 0.188. The van der Waals surface area contributed by atoms with Crippen molar-refractivity contribution in [2.24, 2.45) is 5.16 Å². The van der Waals surface area contributed by atoms with E-state index in [1.807, 2.05) is 0 Å². The first-order valence-electron chi connectivity index (χ1n) is 1.65. The second-order valence-electron chi connectivity index (χ2n) is 1.08. The van der Waals surface area contributed by atoms with Crippen LogP contribution in [0.5, 0.6) is 0 Å². The van der Waals surface area contributed by atoms with Gasteiger partial charge in [0.1, 0.15) is 12.8 Å². The molecule has 1 heterocycles. The molecule has 2 heteroatoms. The Morgan fingerprint density at radius 1 is 2.00 bits per heavy atom. The Kier molecular flexibility index (Phi) is 0.638. The molecule has 0 aromatic carbocycles. The summed E-state index contributed by atoms with van der Waals surface area (Å²) < 4.78 is 0. The van der Waals surface area contributed by atoms with E-state index in [1.165, 1.54) is 0 Å². The van der Waals surface area contributed by atoms with Gasteiger partial charge < -0.3 is 4.84 Å². The van der Waals surface area contributed by atoms with Crippen molar-refractivity contribution < 1.29 is 4.84 Å². The largest absolute Gasteiger partial charge is 0.390 e. The third kappa shape index (κ3) is 0.407. The average molecular weight is 82.1 g/mol. The highest BCUT2D eigenvalue weighted by Gasteiger charge is 1.95. The minimum Gasteiger partial charge on any atom is -0.390 e. The summed E-state index contributed by atoms with van der Waals surface area (Å²) in [5, 5.41) is 3.31. The van der Waals surface area contributed by atoms with E-state index in [-0.39, 0.29) is 0 Å². The highest BCUT2D eigenvalue weighted by Crippen LogP contribution is 1.94. The number of hydrogen-bond donors (Lipinski definition) is 0. The van der Waals surface area contributed by atoms with Crippen molar-refractivity contribution in [3.8, 4) is 0 Å². The Morgan fingerprint density at radius 3 is 3.00 bits per heavy atom. The van der Waals surface area contributed by atoms with Crippen LogP contribution in [0.3, 0.4) is 0 Å². The number of nitrogens with zero attached hydrogens (tertiary/aromatic N) is 1. The second kappa shape index (κ2) is 1.12. The fourth-order valence-corrected chi connectivity index (χ4v) is 0.239. The first-order valence-corrected chi connectivity index (χ1v) is 1.65. The maximum Gasteiger partial charge on any atom is 0.144 e. The van der Waals surface area contributed by atoms with Gasteiger partial charge in [0.05, 0.1) is 0 Å². The molecule has 31 valence electrons. The summed E-state index contributed by atoms with van der Waals surface area (Å²) in [4.78, 5) is 4.47. The van der Waals surface area contributed by atoms with Crippen molar-refractivity contribution >= 4 is 6.21 Å². The van der Waals surface area contributed by atoms with E-state index in [9.17, 15) is 0 Å². The molecule has 1 rings (SSSR count). The maximum atomic E-state index is 4.47. The standard InChI is InChI=1S/C4H4NO/c1-4-2-5-6-3-4/h1,3H2. The first-order chi connectivity index (χ1) is 2.89. The number of rotatable bonds is 0. The Labute approximate surface area is 36.1 Å². The smallest absolute Gasteiger partial charge is 0.144 e. The van der Waals surface area contributed by atoms with E-state index in [4.69, 9.17) is 0 Å². The Bertz CT molecular complexity index is 95.7. The van der Waals surface area contributed by atoms with Crippen LogP contribution in [0.1, 0.15) is 0 Å². The topological polar surface area (TPSA) is 21.6 Å². The van der Waals surface area contributed by atoms with E-state index in [2.05, 4.69) is 22.8 Å². The molecule has 2 nitrogen and oxygen atoms in total.